The van der Waals surface area contributed by atoms with Gasteiger partial charge >= 0.3 is 0 Å². The van der Waals surface area contributed by atoms with Crippen molar-refractivity contribution in [2.45, 2.75) is 39.0 Å². The molecule has 0 aromatic carbocycles. The van der Waals surface area contributed by atoms with Crippen LogP contribution in [0.15, 0.2) is 0 Å². The van der Waals surface area contributed by atoms with E-state index in [1.54, 1.807) is 0 Å². The molecule has 2 aliphatic heterocycles. The van der Waals surface area contributed by atoms with Gasteiger partial charge in [-0.05, 0) is 71.6 Å². The number of hydrogen-bond donors (Lipinski definition) is 2. The van der Waals surface area contributed by atoms with E-state index in [0.29, 0.717) is 0 Å². The van der Waals surface area contributed by atoms with E-state index in [2.05, 4.69) is 29.5 Å². The quantitative estimate of drug-likeness (QED) is 0.805. The number of nitrogens with one attached hydrogen (secondary N) is 2. The molecule has 2 rings (SSSR count). The summed E-state index contributed by atoms with van der Waals surface area (Å²) in [6.07, 6.45) is 5.83. The topological polar surface area (TPSA) is 44.4 Å². The molecule has 0 bridgehead atoms. The minimum absolute atomic E-state index is 0.189. The van der Waals surface area contributed by atoms with Crippen molar-refractivity contribution < 1.29 is 4.79 Å². The highest BCUT2D eigenvalue weighted by Gasteiger charge is 2.34. The maximum Gasteiger partial charge on any atom is 0.227 e. The summed E-state index contributed by atoms with van der Waals surface area (Å²) in [5.41, 5.74) is -0.189. The highest BCUT2D eigenvalue weighted by Crippen LogP contribution is 2.25. The number of rotatable bonds is 4. The van der Waals surface area contributed by atoms with Gasteiger partial charge in [0.15, 0.2) is 0 Å². The van der Waals surface area contributed by atoms with E-state index < -0.39 is 0 Å². The Morgan fingerprint density at radius 3 is 2.79 bits per heavy atom. The molecule has 1 unspecified atom stereocenters. The Morgan fingerprint density at radius 2 is 2.16 bits per heavy atom. The largest absolute Gasteiger partial charge is 0.356 e. The third-order valence-electron chi connectivity index (χ3n) is 4.82. The summed E-state index contributed by atoms with van der Waals surface area (Å²) in [5, 5.41) is 6.49. The lowest BCUT2D eigenvalue weighted by Gasteiger charge is -2.33. The molecule has 0 aliphatic carbocycles. The predicted octanol–water partition coefficient (Wildman–Crippen LogP) is 1.22. The lowest BCUT2D eigenvalue weighted by Crippen LogP contribution is -2.49. The Labute approximate surface area is 117 Å². The summed E-state index contributed by atoms with van der Waals surface area (Å²) in [6.45, 7) is 7.24. The zero-order chi connectivity index (χ0) is 13.7. The molecule has 2 saturated heterocycles. The zero-order valence-corrected chi connectivity index (χ0v) is 12.5. The summed E-state index contributed by atoms with van der Waals surface area (Å²) < 4.78 is 0. The van der Waals surface area contributed by atoms with Crippen LogP contribution in [-0.2, 0) is 4.79 Å². The van der Waals surface area contributed by atoms with Gasteiger partial charge < -0.3 is 15.5 Å². The molecule has 1 amide bonds. The molecule has 4 heteroatoms. The van der Waals surface area contributed by atoms with Crippen LogP contribution < -0.4 is 10.6 Å². The molecule has 2 aliphatic rings. The smallest absolute Gasteiger partial charge is 0.227 e. The van der Waals surface area contributed by atoms with Crippen LogP contribution in [0, 0.1) is 11.3 Å². The van der Waals surface area contributed by atoms with E-state index in [1.807, 2.05) is 0 Å². The van der Waals surface area contributed by atoms with Crippen LogP contribution in [0.25, 0.3) is 0 Å². The Kier molecular flexibility index (Phi) is 5.22. The Balaban J connectivity index is 1.66. The predicted molar refractivity (Wildman–Crippen MR) is 78.1 cm³/mol. The number of likely N-dealkylation sites (tertiary alicyclic amines) is 1. The van der Waals surface area contributed by atoms with Crippen LogP contribution in [-0.4, -0.2) is 50.6 Å². The van der Waals surface area contributed by atoms with E-state index >= 15 is 0 Å². The number of carbonyl (C=O) groups is 1. The minimum Gasteiger partial charge on any atom is -0.356 e. The molecular formula is C15H29N3O. The molecule has 2 heterocycles. The van der Waals surface area contributed by atoms with Gasteiger partial charge in [-0.3, -0.25) is 4.79 Å². The van der Waals surface area contributed by atoms with Gasteiger partial charge in [-0.15, -0.1) is 0 Å². The minimum atomic E-state index is -0.189. The summed E-state index contributed by atoms with van der Waals surface area (Å²) >= 11 is 0. The Bertz CT molecular complexity index is 292. The van der Waals surface area contributed by atoms with Gasteiger partial charge in [0.05, 0.1) is 5.41 Å². The maximum absolute atomic E-state index is 12.3. The Morgan fingerprint density at radius 1 is 1.42 bits per heavy atom. The van der Waals surface area contributed by atoms with Crippen LogP contribution in [0.3, 0.4) is 0 Å². The molecule has 110 valence electrons. The standard InChI is InChI=1S/C15H29N3O/c1-15(7-3-8-16-12-15)14(19)17-9-4-13-5-10-18(2)11-6-13/h13,16H,3-12H2,1-2H3,(H,17,19). The zero-order valence-electron chi connectivity index (χ0n) is 12.5. The average Bonchev–Trinajstić information content (AvgIpc) is 2.42. The van der Waals surface area contributed by atoms with Gasteiger partial charge in [0.2, 0.25) is 5.91 Å². The van der Waals surface area contributed by atoms with Crippen molar-refractivity contribution in [3.8, 4) is 0 Å². The number of hydrogen-bond acceptors (Lipinski definition) is 3. The van der Waals surface area contributed by atoms with Gasteiger partial charge in [0.1, 0.15) is 0 Å². The maximum atomic E-state index is 12.3. The van der Waals surface area contributed by atoms with Crippen molar-refractivity contribution in [1.29, 1.82) is 0 Å². The number of carbonyl (C=O) groups excluding carboxylic acids is 1. The normalized spacial score (nSPS) is 30.2. The van der Waals surface area contributed by atoms with Crippen LogP contribution >= 0.6 is 0 Å². The van der Waals surface area contributed by atoms with Crippen LogP contribution in [0.5, 0.6) is 0 Å². The van der Waals surface area contributed by atoms with Crippen LogP contribution in [0.1, 0.15) is 39.0 Å². The van der Waals surface area contributed by atoms with Gasteiger partial charge in [0.25, 0.3) is 0 Å². The summed E-state index contributed by atoms with van der Waals surface area (Å²) in [4.78, 5) is 14.6. The monoisotopic (exact) mass is 267 g/mol. The van der Waals surface area contributed by atoms with Crippen molar-refractivity contribution in [3.63, 3.8) is 0 Å². The molecular weight excluding hydrogens is 238 g/mol. The van der Waals surface area contributed by atoms with Gasteiger partial charge in [-0.2, -0.15) is 0 Å². The third-order valence-corrected chi connectivity index (χ3v) is 4.82. The number of nitrogens with zero attached hydrogens (tertiary/aromatic N) is 1. The first-order chi connectivity index (χ1) is 9.10. The van der Waals surface area contributed by atoms with Gasteiger partial charge in [-0.1, -0.05) is 0 Å². The second-order valence-electron chi connectivity index (χ2n) is 6.63. The fourth-order valence-corrected chi connectivity index (χ4v) is 3.20. The lowest BCUT2D eigenvalue weighted by molar-refractivity contribution is -0.131. The molecule has 0 radical (unpaired) electrons. The summed E-state index contributed by atoms with van der Waals surface area (Å²) in [5.74, 6) is 1.04. The van der Waals surface area contributed by atoms with E-state index in [0.717, 1.165) is 44.8 Å². The van der Waals surface area contributed by atoms with E-state index in [4.69, 9.17) is 0 Å². The molecule has 0 spiro atoms. The van der Waals surface area contributed by atoms with Crippen LogP contribution in [0.2, 0.25) is 0 Å². The van der Waals surface area contributed by atoms with Crippen molar-refractivity contribution in [2.24, 2.45) is 11.3 Å². The summed E-state index contributed by atoms with van der Waals surface area (Å²) in [6, 6.07) is 0. The molecule has 0 saturated carbocycles. The highest BCUT2D eigenvalue weighted by atomic mass is 16.2. The molecule has 0 aromatic heterocycles. The molecule has 19 heavy (non-hydrogen) atoms. The molecule has 0 aromatic rings. The molecule has 2 N–H and O–H groups in total. The molecule has 1 atom stereocenters. The van der Waals surface area contributed by atoms with Crippen molar-refractivity contribution in [2.75, 3.05) is 39.8 Å². The molecule has 4 nitrogen and oxygen atoms in total. The first-order valence-electron chi connectivity index (χ1n) is 7.78. The van der Waals surface area contributed by atoms with Crippen molar-refractivity contribution in [3.05, 3.63) is 0 Å². The number of amides is 1. The fourth-order valence-electron chi connectivity index (χ4n) is 3.20. The number of piperidine rings is 2. The second-order valence-corrected chi connectivity index (χ2v) is 6.63. The van der Waals surface area contributed by atoms with E-state index in [-0.39, 0.29) is 11.3 Å². The fraction of sp³-hybridized carbons (Fsp3) is 0.933. The SMILES string of the molecule is CN1CCC(CCNC(=O)C2(C)CCCNC2)CC1. The van der Waals surface area contributed by atoms with Crippen LogP contribution in [0.4, 0.5) is 0 Å². The lowest BCUT2D eigenvalue weighted by atomic mass is 9.82. The van der Waals surface area contributed by atoms with Gasteiger partial charge in [0, 0.05) is 13.1 Å². The van der Waals surface area contributed by atoms with E-state index in [1.165, 1.54) is 25.9 Å². The Hall–Kier alpha value is -0.610. The van der Waals surface area contributed by atoms with Gasteiger partial charge in [-0.25, -0.2) is 0 Å². The molecule has 2 fully saturated rings. The first kappa shape index (κ1) is 14.8. The van der Waals surface area contributed by atoms with Crippen molar-refractivity contribution in [1.82, 2.24) is 15.5 Å². The third kappa shape index (κ3) is 4.18. The highest BCUT2D eigenvalue weighted by molar-refractivity contribution is 5.82. The second kappa shape index (κ2) is 6.71. The van der Waals surface area contributed by atoms with E-state index in [9.17, 15) is 4.79 Å². The van der Waals surface area contributed by atoms with Crippen molar-refractivity contribution >= 4 is 5.91 Å². The summed E-state index contributed by atoms with van der Waals surface area (Å²) in [7, 11) is 2.19. The first-order valence-corrected chi connectivity index (χ1v) is 7.78. The average molecular weight is 267 g/mol.